The van der Waals surface area contributed by atoms with Gasteiger partial charge < -0.3 is 15.3 Å². The fraction of sp³-hybridized carbons (Fsp3) is 0.615. The summed E-state index contributed by atoms with van der Waals surface area (Å²) in [7, 11) is 0. The standard InChI is InChI=1S/C13H21N5O3/c1-9-12(10(2)16-15-9)14-13(21)18-5-3-4-17(6-7-18)8-11(19)20/h3-8H2,1-2H3,(H,14,21)(H,15,16)(H,19,20). The SMILES string of the molecule is Cc1n[nH]c(C)c1NC(=O)N1CCCN(CC(=O)O)CC1. The Morgan fingerprint density at radius 3 is 2.67 bits per heavy atom. The molecule has 0 radical (unpaired) electrons. The summed E-state index contributed by atoms with van der Waals surface area (Å²) in [5.74, 6) is -0.836. The van der Waals surface area contributed by atoms with Gasteiger partial charge in [0.05, 0.1) is 23.6 Å². The van der Waals surface area contributed by atoms with Crippen molar-refractivity contribution in [2.75, 3.05) is 38.0 Å². The van der Waals surface area contributed by atoms with Crippen molar-refractivity contribution >= 4 is 17.7 Å². The van der Waals surface area contributed by atoms with Crippen LogP contribution in [0.25, 0.3) is 0 Å². The van der Waals surface area contributed by atoms with Gasteiger partial charge in [-0.3, -0.25) is 14.8 Å². The summed E-state index contributed by atoms with van der Waals surface area (Å²) in [6.45, 7) is 6.12. The van der Waals surface area contributed by atoms with E-state index in [-0.39, 0.29) is 12.6 Å². The molecular weight excluding hydrogens is 274 g/mol. The van der Waals surface area contributed by atoms with Gasteiger partial charge in [0.2, 0.25) is 0 Å². The summed E-state index contributed by atoms with van der Waals surface area (Å²) in [6.07, 6.45) is 0.768. The summed E-state index contributed by atoms with van der Waals surface area (Å²) >= 11 is 0. The van der Waals surface area contributed by atoms with Gasteiger partial charge >= 0.3 is 12.0 Å². The molecule has 0 spiro atoms. The van der Waals surface area contributed by atoms with Gasteiger partial charge in [-0.2, -0.15) is 5.10 Å². The molecule has 1 saturated heterocycles. The van der Waals surface area contributed by atoms with E-state index in [1.807, 2.05) is 18.7 Å². The van der Waals surface area contributed by atoms with E-state index in [9.17, 15) is 9.59 Å². The van der Waals surface area contributed by atoms with Crippen LogP contribution in [-0.4, -0.2) is 69.8 Å². The lowest BCUT2D eigenvalue weighted by Gasteiger charge is -2.21. The Bertz CT molecular complexity index is 508. The number of hydrogen-bond donors (Lipinski definition) is 3. The molecule has 1 aliphatic rings. The topological polar surface area (TPSA) is 102 Å². The molecule has 116 valence electrons. The zero-order valence-corrected chi connectivity index (χ0v) is 12.3. The van der Waals surface area contributed by atoms with Crippen LogP contribution >= 0.6 is 0 Å². The fourth-order valence-corrected chi connectivity index (χ4v) is 2.44. The number of nitrogens with one attached hydrogen (secondary N) is 2. The maximum Gasteiger partial charge on any atom is 0.321 e. The van der Waals surface area contributed by atoms with Crippen LogP contribution in [0.5, 0.6) is 0 Å². The number of hydrogen-bond acceptors (Lipinski definition) is 4. The minimum absolute atomic E-state index is 0.0232. The van der Waals surface area contributed by atoms with Gasteiger partial charge in [-0.25, -0.2) is 4.79 Å². The Balaban J connectivity index is 1.93. The Hall–Kier alpha value is -2.09. The minimum atomic E-state index is -0.836. The number of aryl methyl sites for hydroxylation is 2. The number of carbonyl (C=O) groups is 2. The number of urea groups is 1. The minimum Gasteiger partial charge on any atom is -0.480 e. The molecule has 1 aromatic rings. The second-order valence-electron chi connectivity index (χ2n) is 5.25. The number of amides is 2. The highest BCUT2D eigenvalue weighted by molar-refractivity contribution is 5.90. The van der Waals surface area contributed by atoms with E-state index in [1.165, 1.54) is 0 Å². The normalized spacial score (nSPS) is 16.6. The number of H-pyrrole nitrogens is 1. The average Bonchev–Trinajstić information content (AvgIpc) is 2.65. The Morgan fingerprint density at radius 2 is 2.05 bits per heavy atom. The van der Waals surface area contributed by atoms with Crippen molar-refractivity contribution in [1.29, 1.82) is 0 Å². The molecule has 2 heterocycles. The number of anilines is 1. The van der Waals surface area contributed by atoms with E-state index in [0.29, 0.717) is 31.9 Å². The summed E-state index contributed by atoms with van der Waals surface area (Å²) in [4.78, 5) is 26.6. The second kappa shape index (κ2) is 6.57. The predicted octanol–water partition coefficient (Wildman–Crippen LogP) is 0.651. The van der Waals surface area contributed by atoms with Crippen LogP contribution < -0.4 is 5.32 Å². The molecule has 1 aliphatic heterocycles. The van der Waals surface area contributed by atoms with Gasteiger partial charge in [0.15, 0.2) is 0 Å². The van der Waals surface area contributed by atoms with Crippen LogP contribution in [0.15, 0.2) is 0 Å². The molecule has 2 amide bonds. The van der Waals surface area contributed by atoms with E-state index in [0.717, 1.165) is 17.8 Å². The number of nitrogens with zero attached hydrogens (tertiary/aromatic N) is 3. The third-order valence-corrected chi connectivity index (χ3v) is 3.59. The van der Waals surface area contributed by atoms with Crippen molar-refractivity contribution in [3.63, 3.8) is 0 Å². The molecule has 0 atom stereocenters. The molecule has 0 aromatic carbocycles. The van der Waals surface area contributed by atoms with Crippen LogP contribution in [0.4, 0.5) is 10.5 Å². The number of carboxylic acid groups (broad SMARTS) is 1. The Morgan fingerprint density at radius 1 is 1.29 bits per heavy atom. The monoisotopic (exact) mass is 295 g/mol. The van der Waals surface area contributed by atoms with Crippen LogP contribution in [0.3, 0.4) is 0 Å². The van der Waals surface area contributed by atoms with Crippen molar-refractivity contribution in [3.05, 3.63) is 11.4 Å². The largest absolute Gasteiger partial charge is 0.480 e. The molecule has 21 heavy (non-hydrogen) atoms. The molecule has 2 rings (SSSR count). The van der Waals surface area contributed by atoms with Crippen molar-refractivity contribution in [3.8, 4) is 0 Å². The first-order valence-electron chi connectivity index (χ1n) is 6.99. The van der Waals surface area contributed by atoms with Crippen LogP contribution in [-0.2, 0) is 4.79 Å². The lowest BCUT2D eigenvalue weighted by atomic mass is 10.3. The first-order valence-corrected chi connectivity index (χ1v) is 6.99. The average molecular weight is 295 g/mol. The smallest absolute Gasteiger partial charge is 0.321 e. The zero-order chi connectivity index (χ0) is 15.4. The summed E-state index contributed by atoms with van der Waals surface area (Å²) in [5, 5.41) is 18.6. The van der Waals surface area contributed by atoms with Gasteiger partial charge in [0.1, 0.15) is 0 Å². The van der Waals surface area contributed by atoms with Gasteiger partial charge in [-0.05, 0) is 20.3 Å². The molecule has 0 unspecified atom stereocenters. The molecule has 0 saturated carbocycles. The third-order valence-electron chi connectivity index (χ3n) is 3.59. The van der Waals surface area contributed by atoms with Gasteiger partial charge in [-0.15, -0.1) is 0 Å². The maximum absolute atomic E-state index is 12.3. The van der Waals surface area contributed by atoms with Crippen molar-refractivity contribution in [1.82, 2.24) is 20.0 Å². The summed E-state index contributed by atoms with van der Waals surface area (Å²) < 4.78 is 0. The van der Waals surface area contributed by atoms with Gasteiger partial charge in [0.25, 0.3) is 0 Å². The molecule has 0 bridgehead atoms. The molecule has 1 aromatic heterocycles. The van der Waals surface area contributed by atoms with E-state index < -0.39 is 5.97 Å². The lowest BCUT2D eigenvalue weighted by molar-refractivity contribution is -0.138. The Labute approximate surface area is 123 Å². The quantitative estimate of drug-likeness (QED) is 0.760. The first kappa shape index (κ1) is 15.3. The maximum atomic E-state index is 12.3. The Kier molecular flexibility index (Phi) is 4.79. The molecule has 1 fully saturated rings. The van der Waals surface area contributed by atoms with Crippen LogP contribution in [0.1, 0.15) is 17.8 Å². The molecule has 0 aliphatic carbocycles. The highest BCUT2D eigenvalue weighted by Crippen LogP contribution is 2.17. The number of aromatic nitrogens is 2. The number of aromatic amines is 1. The second-order valence-corrected chi connectivity index (χ2v) is 5.25. The predicted molar refractivity (Wildman–Crippen MR) is 77.3 cm³/mol. The summed E-state index contributed by atoms with van der Waals surface area (Å²) in [6, 6.07) is -0.167. The molecular formula is C13H21N5O3. The number of aliphatic carboxylic acids is 1. The number of carboxylic acids is 1. The van der Waals surface area contributed by atoms with E-state index in [1.54, 1.807) is 4.90 Å². The van der Waals surface area contributed by atoms with Crippen LogP contribution in [0.2, 0.25) is 0 Å². The highest BCUT2D eigenvalue weighted by Gasteiger charge is 2.21. The lowest BCUT2D eigenvalue weighted by Crippen LogP contribution is -2.39. The van der Waals surface area contributed by atoms with Gasteiger partial charge in [-0.1, -0.05) is 0 Å². The van der Waals surface area contributed by atoms with Crippen molar-refractivity contribution in [2.45, 2.75) is 20.3 Å². The van der Waals surface area contributed by atoms with Crippen molar-refractivity contribution < 1.29 is 14.7 Å². The van der Waals surface area contributed by atoms with E-state index in [2.05, 4.69) is 15.5 Å². The third kappa shape index (κ3) is 3.94. The summed E-state index contributed by atoms with van der Waals surface area (Å²) in [5.41, 5.74) is 2.29. The molecule has 8 nitrogen and oxygen atoms in total. The van der Waals surface area contributed by atoms with Crippen LogP contribution in [0, 0.1) is 13.8 Å². The molecule has 3 N–H and O–H groups in total. The zero-order valence-electron chi connectivity index (χ0n) is 12.3. The number of rotatable bonds is 3. The number of carbonyl (C=O) groups excluding carboxylic acids is 1. The van der Waals surface area contributed by atoms with Crippen molar-refractivity contribution in [2.24, 2.45) is 0 Å². The molecule has 8 heteroatoms. The fourth-order valence-electron chi connectivity index (χ4n) is 2.44. The van der Waals surface area contributed by atoms with E-state index in [4.69, 9.17) is 5.11 Å². The first-order chi connectivity index (χ1) is 9.97. The van der Waals surface area contributed by atoms with E-state index >= 15 is 0 Å². The van der Waals surface area contributed by atoms with Gasteiger partial charge in [0, 0.05) is 26.2 Å². The highest BCUT2D eigenvalue weighted by atomic mass is 16.4.